The van der Waals surface area contributed by atoms with Gasteiger partial charge in [0.25, 0.3) is 0 Å². The summed E-state index contributed by atoms with van der Waals surface area (Å²) in [7, 11) is 0. The highest BCUT2D eigenvalue weighted by molar-refractivity contribution is 5.73. The Labute approximate surface area is 88.6 Å². The normalized spacial score (nSPS) is 14.5. The zero-order valence-corrected chi connectivity index (χ0v) is 10.0. The molecule has 0 aromatic rings. The van der Waals surface area contributed by atoms with E-state index in [-0.39, 0.29) is 0 Å². The largest absolute Gasteiger partial charge is 0.298 e. The van der Waals surface area contributed by atoms with Crippen molar-refractivity contribution in [2.75, 3.05) is 0 Å². The van der Waals surface area contributed by atoms with E-state index in [1.807, 2.05) is 0 Å². The molecule has 0 heterocycles. The van der Waals surface area contributed by atoms with Crippen LogP contribution in [0.5, 0.6) is 0 Å². The quantitative estimate of drug-likeness (QED) is 0.342. The Morgan fingerprint density at radius 3 is 2.29 bits per heavy atom. The number of carbonyl (C=O) groups is 1. The molecule has 0 saturated heterocycles. The first-order chi connectivity index (χ1) is 6.63. The summed E-state index contributed by atoms with van der Waals surface area (Å²) in [5.41, 5.74) is 0.983. The lowest BCUT2D eigenvalue weighted by Gasteiger charge is -2.15. The second kappa shape index (κ2) is 7.78. The molecule has 0 aromatic carbocycles. The maximum absolute atomic E-state index is 10.8. The monoisotopic (exact) mass is 196 g/mol. The third-order valence-corrected chi connectivity index (χ3v) is 2.85. The van der Waals surface area contributed by atoms with Crippen molar-refractivity contribution in [3.63, 3.8) is 0 Å². The lowest BCUT2D eigenvalue weighted by molar-refractivity contribution is -0.105. The zero-order chi connectivity index (χ0) is 11.0. The molecule has 0 saturated carbocycles. The molecule has 0 aromatic heterocycles. The maximum atomic E-state index is 10.8. The van der Waals surface area contributed by atoms with E-state index >= 15 is 0 Å². The molecule has 0 aliphatic carbocycles. The molecule has 0 radical (unpaired) electrons. The highest BCUT2D eigenvalue weighted by Gasteiger charge is 2.11. The van der Waals surface area contributed by atoms with E-state index in [4.69, 9.17) is 0 Å². The van der Waals surface area contributed by atoms with Crippen molar-refractivity contribution in [2.24, 2.45) is 11.8 Å². The van der Waals surface area contributed by atoms with Gasteiger partial charge < -0.3 is 0 Å². The third kappa shape index (κ3) is 5.21. The molecule has 0 amide bonds. The molecule has 0 aliphatic rings. The van der Waals surface area contributed by atoms with E-state index < -0.39 is 0 Å². The summed E-state index contributed by atoms with van der Waals surface area (Å²) < 4.78 is 0. The van der Waals surface area contributed by atoms with Gasteiger partial charge in [0.2, 0.25) is 0 Å². The van der Waals surface area contributed by atoms with Crippen LogP contribution in [0.2, 0.25) is 0 Å². The fourth-order valence-electron chi connectivity index (χ4n) is 1.39. The first-order valence-electron chi connectivity index (χ1n) is 5.78. The number of rotatable bonds is 7. The summed E-state index contributed by atoms with van der Waals surface area (Å²) in [5.74, 6) is 0.951. The zero-order valence-electron chi connectivity index (χ0n) is 10.0. The molecule has 82 valence electrons. The highest BCUT2D eigenvalue weighted by Crippen LogP contribution is 2.19. The molecule has 1 unspecified atom stereocenters. The van der Waals surface area contributed by atoms with Crippen LogP contribution < -0.4 is 0 Å². The second-order valence-electron chi connectivity index (χ2n) is 4.35. The Balaban J connectivity index is 4.04. The summed E-state index contributed by atoms with van der Waals surface area (Å²) in [6.45, 7) is 8.65. The summed E-state index contributed by atoms with van der Waals surface area (Å²) in [4.78, 5) is 10.8. The van der Waals surface area contributed by atoms with E-state index in [2.05, 4.69) is 33.8 Å². The van der Waals surface area contributed by atoms with Gasteiger partial charge >= 0.3 is 0 Å². The van der Waals surface area contributed by atoms with Crippen molar-refractivity contribution in [3.05, 3.63) is 11.6 Å². The molecule has 0 aliphatic heterocycles. The van der Waals surface area contributed by atoms with Crippen molar-refractivity contribution in [1.29, 1.82) is 0 Å². The SMILES string of the molecule is CCCCCC=C(C=O)C(C)C(C)C. The van der Waals surface area contributed by atoms with Crippen LogP contribution in [-0.2, 0) is 4.79 Å². The molecule has 0 bridgehead atoms. The van der Waals surface area contributed by atoms with Gasteiger partial charge in [-0.05, 0) is 30.3 Å². The van der Waals surface area contributed by atoms with E-state index in [0.717, 1.165) is 18.3 Å². The van der Waals surface area contributed by atoms with Gasteiger partial charge in [-0.2, -0.15) is 0 Å². The fraction of sp³-hybridized carbons (Fsp3) is 0.769. The molecular weight excluding hydrogens is 172 g/mol. The first-order valence-corrected chi connectivity index (χ1v) is 5.78. The van der Waals surface area contributed by atoms with Crippen molar-refractivity contribution in [3.8, 4) is 0 Å². The van der Waals surface area contributed by atoms with E-state index in [9.17, 15) is 4.79 Å². The van der Waals surface area contributed by atoms with Crippen LogP contribution in [-0.4, -0.2) is 6.29 Å². The van der Waals surface area contributed by atoms with Gasteiger partial charge in [-0.15, -0.1) is 0 Å². The maximum Gasteiger partial charge on any atom is 0.145 e. The topological polar surface area (TPSA) is 17.1 Å². The van der Waals surface area contributed by atoms with Gasteiger partial charge in [-0.25, -0.2) is 0 Å². The van der Waals surface area contributed by atoms with Crippen LogP contribution in [0.1, 0.15) is 53.4 Å². The standard InChI is InChI=1S/C13H24O/c1-5-6-7-8-9-13(10-14)12(4)11(2)3/h9-12H,5-8H2,1-4H3. The van der Waals surface area contributed by atoms with Crippen LogP contribution in [0, 0.1) is 11.8 Å². The molecule has 0 N–H and O–H groups in total. The smallest absolute Gasteiger partial charge is 0.145 e. The average molecular weight is 196 g/mol. The highest BCUT2D eigenvalue weighted by atomic mass is 16.1. The van der Waals surface area contributed by atoms with Crippen molar-refractivity contribution in [1.82, 2.24) is 0 Å². The predicted molar refractivity (Wildman–Crippen MR) is 62.3 cm³/mol. The molecule has 1 nitrogen and oxygen atoms in total. The fourth-order valence-corrected chi connectivity index (χ4v) is 1.39. The number of unbranched alkanes of at least 4 members (excludes halogenated alkanes) is 3. The van der Waals surface area contributed by atoms with Gasteiger partial charge in [-0.1, -0.05) is 46.6 Å². The molecular formula is C13H24O. The van der Waals surface area contributed by atoms with E-state index in [1.54, 1.807) is 0 Å². The Kier molecular flexibility index (Phi) is 7.45. The van der Waals surface area contributed by atoms with Gasteiger partial charge in [0.05, 0.1) is 0 Å². The minimum Gasteiger partial charge on any atom is -0.298 e. The lowest BCUT2D eigenvalue weighted by Crippen LogP contribution is -2.08. The average Bonchev–Trinajstić information content (AvgIpc) is 2.17. The van der Waals surface area contributed by atoms with Crippen LogP contribution >= 0.6 is 0 Å². The number of hydrogen-bond donors (Lipinski definition) is 0. The van der Waals surface area contributed by atoms with Gasteiger partial charge in [0.1, 0.15) is 6.29 Å². The number of carbonyl (C=O) groups excluding carboxylic acids is 1. The number of aldehydes is 1. The Morgan fingerprint density at radius 1 is 1.21 bits per heavy atom. The van der Waals surface area contributed by atoms with Crippen molar-refractivity contribution < 1.29 is 4.79 Å². The Morgan fingerprint density at radius 2 is 1.86 bits per heavy atom. The van der Waals surface area contributed by atoms with Crippen molar-refractivity contribution in [2.45, 2.75) is 53.4 Å². The van der Waals surface area contributed by atoms with E-state index in [0.29, 0.717) is 11.8 Å². The minimum absolute atomic E-state index is 0.397. The van der Waals surface area contributed by atoms with Crippen LogP contribution in [0.15, 0.2) is 11.6 Å². The van der Waals surface area contributed by atoms with Gasteiger partial charge in [-0.3, -0.25) is 4.79 Å². The summed E-state index contributed by atoms with van der Waals surface area (Å²) in [6, 6.07) is 0. The second-order valence-corrected chi connectivity index (χ2v) is 4.35. The first kappa shape index (κ1) is 13.4. The molecule has 14 heavy (non-hydrogen) atoms. The Bertz CT molecular complexity index is 180. The molecule has 1 heteroatoms. The number of allylic oxidation sites excluding steroid dienone is 2. The summed E-state index contributed by atoms with van der Waals surface area (Å²) in [5, 5.41) is 0. The third-order valence-electron chi connectivity index (χ3n) is 2.85. The molecule has 0 rings (SSSR count). The predicted octanol–water partition coefficient (Wildman–Crippen LogP) is 3.98. The lowest BCUT2D eigenvalue weighted by atomic mass is 9.90. The molecule has 0 fully saturated rings. The van der Waals surface area contributed by atoms with Crippen LogP contribution in [0.4, 0.5) is 0 Å². The Hall–Kier alpha value is -0.590. The van der Waals surface area contributed by atoms with Crippen LogP contribution in [0.3, 0.4) is 0 Å². The van der Waals surface area contributed by atoms with Crippen molar-refractivity contribution >= 4 is 6.29 Å². The van der Waals surface area contributed by atoms with Gasteiger partial charge in [0, 0.05) is 0 Å². The number of hydrogen-bond acceptors (Lipinski definition) is 1. The molecule has 0 spiro atoms. The van der Waals surface area contributed by atoms with E-state index in [1.165, 1.54) is 19.3 Å². The molecule has 1 atom stereocenters. The summed E-state index contributed by atoms with van der Waals surface area (Å²) >= 11 is 0. The summed E-state index contributed by atoms with van der Waals surface area (Å²) in [6.07, 6.45) is 7.91. The van der Waals surface area contributed by atoms with Crippen LogP contribution in [0.25, 0.3) is 0 Å². The van der Waals surface area contributed by atoms with Gasteiger partial charge in [0.15, 0.2) is 0 Å². The minimum atomic E-state index is 0.397.